The Morgan fingerprint density at radius 1 is 1.38 bits per heavy atom. The number of rotatable bonds is 3. The Balaban J connectivity index is 2.07. The summed E-state index contributed by atoms with van der Waals surface area (Å²) in [6.45, 7) is 1.91. The molecule has 1 heterocycles. The number of halogens is 1. The lowest BCUT2D eigenvalue weighted by molar-refractivity contribution is 0.527. The van der Waals surface area contributed by atoms with Gasteiger partial charge >= 0.3 is 0 Å². The zero-order valence-electron chi connectivity index (χ0n) is 8.87. The molecule has 0 fully saturated rings. The van der Waals surface area contributed by atoms with Gasteiger partial charge in [-0.05, 0) is 36.8 Å². The number of anilines is 1. The molecular weight excluding hydrogens is 225 g/mol. The largest absolute Gasteiger partial charge is 0.468 e. The number of hydrogen-bond acceptors (Lipinski definition) is 3. The first kappa shape index (κ1) is 11.1. The zero-order chi connectivity index (χ0) is 11.5. The summed E-state index contributed by atoms with van der Waals surface area (Å²) in [5.74, 6) is 1.27. The maximum atomic E-state index is 13.1. The fraction of sp³-hybridized carbons (Fsp3) is 0.167. The van der Waals surface area contributed by atoms with E-state index in [4.69, 9.17) is 10.2 Å². The molecular formula is C12H12FNOS. The van der Waals surface area contributed by atoms with Crippen molar-refractivity contribution in [2.75, 3.05) is 5.73 Å². The first-order valence-electron chi connectivity index (χ1n) is 4.87. The van der Waals surface area contributed by atoms with Gasteiger partial charge in [0.1, 0.15) is 11.6 Å². The molecule has 0 spiro atoms. The summed E-state index contributed by atoms with van der Waals surface area (Å²) >= 11 is 1.61. The highest BCUT2D eigenvalue weighted by Gasteiger charge is 2.04. The van der Waals surface area contributed by atoms with Gasteiger partial charge in [0.25, 0.3) is 0 Å². The van der Waals surface area contributed by atoms with Crippen LogP contribution >= 0.6 is 11.8 Å². The van der Waals surface area contributed by atoms with Gasteiger partial charge in [0.2, 0.25) is 0 Å². The highest BCUT2D eigenvalue weighted by atomic mass is 32.2. The Morgan fingerprint density at radius 2 is 2.19 bits per heavy atom. The van der Waals surface area contributed by atoms with Gasteiger partial charge in [0.05, 0.1) is 6.26 Å². The fourth-order valence-corrected chi connectivity index (χ4v) is 2.33. The topological polar surface area (TPSA) is 39.2 Å². The van der Waals surface area contributed by atoms with E-state index >= 15 is 0 Å². The average Bonchev–Trinajstić information content (AvgIpc) is 2.59. The lowest BCUT2D eigenvalue weighted by Gasteiger charge is -2.02. The summed E-state index contributed by atoms with van der Waals surface area (Å²) in [4.78, 5) is 1.07. The van der Waals surface area contributed by atoms with Crippen molar-refractivity contribution < 1.29 is 8.81 Å². The number of nitrogens with two attached hydrogens (primary N) is 1. The Kier molecular flexibility index (Phi) is 3.19. The second kappa shape index (κ2) is 4.61. The molecule has 1 aromatic heterocycles. The van der Waals surface area contributed by atoms with Crippen molar-refractivity contribution in [3.05, 3.63) is 47.7 Å². The molecule has 2 N–H and O–H groups in total. The lowest BCUT2D eigenvalue weighted by atomic mass is 10.2. The summed E-state index contributed by atoms with van der Waals surface area (Å²) in [6.07, 6.45) is 1.65. The minimum Gasteiger partial charge on any atom is -0.468 e. The molecule has 0 unspecified atom stereocenters. The number of hydrogen-bond donors (Lipinski definition) is 1. The van der Waals surface area contributed by atoms with Crippen LogP contribution in [0.4, 0.5) is 10.1 Å². The van der Waals surface area contributed by atoms with E-state index in [0.29, 0.717) is 11.4 Å². The summed E-state index contributed by atoms with van der Waals surface area (Å²) in [6, 6.07) is 6.50. The highest BCUT2D eigenvalue weighted by molar-refractivity contribution is 7.98. The average molecular weight is 237 g/mol. The van der Waals surface area contributed by atoms with Crippen LogP contribution in [0.5, 0.6) is 0 Å². The molecule has 84 valence electrons. The van der Waals surface area contributed by atoms with E-state index in [1.807, 2.05) is 13.0 Å². The number of nitrogen functional groups attached to an aromatic ring is 1. The van der Waals surface area contributed by atoms with Crippen molar-refractivity contribution in [3.63, 3.8) is 0 Å². The van der Waals surface area contributed by atoms with Crippen molar-refractivity contribution in [1.82, 2.24) is 0 Å². The maximum Gasteiger partial charge on any atom is 0.125 e. The Bertz CT molecular complexity index is 475. The normalized spacial score (nSPS) is 10.6. The summed E-state index contributed by atoms with van der Waals surface area (Å²) in [5, 5.41) is 0. The molecule has 0 bridgehead atoms. The molecule has 4 heteroatoms. The van der Waals surface area contributed by atoms with Gasteiger partial charge in [0.15, 0.2) is 0 Å². The van der Waals surface area contributed by atoms with Crippen LogP contribution in [0, 0.1) is 12.7 Å². The molecule has 0 aliphatic rings. The molecule has 2 nitrogen and oxygen atoms in total. The number of thioether (sulfide) groups is 1. The van der Waals surface area contributed by atoms with Gasteiger partial charge in [-0.15, -0.1) is 11.8 Å². The molecule has 0 radical (unpaired) electrons. The van der Waals surface area contributed by atoms with Crippen LogP contribution in [0.15, 0.2) is 39.8 Å². The zero-order valence-corrected chi connectivity index (χ0v) is 9.68. The second-order valence-corrected chi connectivity index (χ2v) is 4.54. The van der Waals surface area contributed by atoms with Gasteiger partial charge in [-0.3, -0.25) is 0 Å². The van der Waals surface area contributed by atoms with Crippen LogP contribution in [0.25, 0.3) is 0 Å². The molecule has 0 amide bonds. The highest BCUT2D eigenvalue weighted by Crippen LogP contribution is 2.27. The quantitative estimate of drug-likeness (QED) is 0.654. The first-order valence-corrected chi connectivity index (χ1v) is 5.85. The molecule has 0 saturated carbocycles. The second-order valence-electron chi connectivity index (χ2n) is 3.52. The lowest BCUT2D eigenvalue weighted by Crippen LogP contribution is -1.90. The fourth-order valence-electron chi connectivity index (χ4n) is 1.44. The van der Waals surface area contributed by atoms with Crippen molar-refractivity contribution in [2.24, 2.45) is 0 Å². The van der Waals surface area contributed by atoms with Crippen LogP contribution in [-0.4, -0.2) is 0 Å². The van der Waals surface area contributed by atoms with Gasteiger partial charge in [-0.25, -0.2) is 4.39 Å². The molecule has 0 aliphatic heterocycles. The standard InChI is InChI=1S/C12H12FNOS/c1-8-12(2-3-15-8)16-7-9-4-10(13)6-11(14)5-9/h2-6H,7,14H2,1H3. The van der Waals surface area contributed by atoms with Crippen molar-refractivity contribution in [1.29, 1.82) is 0 Å². The van der Waals surface area contributed by atoms with E-state index in [1.54, 1.807) is 24.1 Å². The number of furan rings is 1. The van der Waals surface area contributed by atoms with Gasteiger partial charge in [-0.2, -0.15) is 0 Å². The minimum absolute atomic E-state index is 0.292. The van der Waals surface area contributed by atoms with E-state index in [9.17, 15) is 4.39 Å². The molecule has 16 heavy (non-hydrogen) atoms. The molecule has 0 aliphatic carbocycles. The third-order valence-electron chi connectivity index (χ3n) is 2.19. The SMILES string of the molecule is Cc1occc1SCc1cc(N)cc(F)c1. The van der Waals surface area contributed by atoms with E-state index in [2.05, 4.69) is 0 Å². The minimum atomic E-state index is -0.292. The molecule has 1 aromatic carbocycles. The maximum absolute atomic E-state index is 13.1. The predicted molar refractivity (Wildman–Crippen MR) is 63.8 cm³/mol. The van der Waals surface area contributed by atoms with Crippen LogP contribution < -0.4 is 5.73 Å². The molecule has 0 atom stereocenters. The van der Waals surface area contributed by atoms with E-state index < -0.39 is 0 Å². The van der Waals surface area contributed by atoms with Crippen LogP contribution in [0.3, 0.4) is 0 Å². The molecule has 0 saturated heterocycles. The first-order chi connectivity index (χ1) is 7.65. The summed E-state index contributed by atoms with van der Waals surface area (Å²) in [5.41, 5.74) is 6.91. The van der Waals surface area contributed by atoms with Gasteiger partial charge < -0.3 is 10.2 Å². The molecule has 2 rings (SSSR count). The van der Waals surface area contributed by atoms with E-state index in [0.717, 1.165) is 16.2 Å². The smallest absolute Gasteiger partial charge is 0.125 e. The number of aryl methyl sites for hydroxylation is 1. The van der Waals surface area contributed by atoms with Crippen LogP contribution in [0.1, 0.15) is 11.3 Å². The Morgan fingerprint density at radius 3 is 2.81 bits per heavy atom. The third-order valence-corrected chi connectivity index (χ3v) is 3.40. The van der Waals surface area contributed by atoms with Crippen LogP contribution in [0.2, 0.25) is 0 Å². The van der Waals surface area contributed by atoms with Crippen LogP contribution in [-0.2, 0) is 5.75 Å². The van der Waals surface area contributed by atoms with Gasteiger partial charge in [-0.1, -0.05) is 0 Å². The summed E-state index contributed by atoms with van der Waals surface area (Å²) < 4.78 is 18.2. The van der Waals surface area contributed by atoms with Crippen molar-refractivity contribution in [3.8, 4) is 0 Å². The molecule has 2 aromatic rings. The van der Waals surface area contributed by atoms with E-state index in [-0.39, 0.29) is 5.82 Å². The van der Waals surface area contributed by atoms with Gasteiger partial charge in [0, 0.05) is 16.3 Å². The summed E-state index contributed by atoms with van der Waals surface area (Å²) in [7, 11) is 0. The predicted octanol–water partition coefficient (Wildman–Crippen LogP) is 3.60. The Labute approximate surface area is 97.6 Å². The van der Waals surface area contributed by atoms with Crippen molar-refractivity contribution >= 4 is 17.4 Å². The third kappa shape index (κ3) is 2.58. The Hall–Kier alpha value is -1.42. The van der Waals surface area contributed by atoms with Crippen molar-refractivity contribution in [2.45, 2.75) is 17.6 Å². The monoisotopic (exact) mass is 237 g/mol. The van der Waals surface area contributed by atoms with E-state index in [1.165, 1.54) is 12.1 Å². The number of benzene rings is 1.